The van der Waals surface area contributed by atoms with Crippen LogP contribution in [-0.2, 0) is 0 Å². The number of rotatable bonds is 1. The Kier molecular flexibility index (Phi) is 1.47. The lowest BCUT2D eigenvalue weighted by atomic mass is 10.2. The minimum absolute atomic E-state index is 0.286. The highest BCUT2D eigenvalue weighted by atomic mass is 16.3. The van der Waals surface area contributed by atoms with E-state index >= 15 is 0 Å². The lowest BCUT2D eigenvalue weighted by Gasteiger charge is -1.83. The van der Waals surface area contributed by atoms with Crippen molar-refractivity contribution < 1.29 is 9.21 Å². The van der Waals surface area contributed by atoms with E-state index < -0.39 is 0 Å². The molecule has 0 N–H and O–H groups in total. The molecule has 0 bridgehead atoms. The van der Waals surface area contributed by atoms with Gasteiger partial charge in [-0.05, 0) is 12.1 Å². The molecule has 0 saturated carbocycles. The van der Waals surface area contributed by atoms with Crippen LogP contribution in [0.2, 0.25) is 0 Å². The fraction of sp³-hybridized carbons (Fsp3) is 0. The molecule has 0 atom stereocenters. The fourth-order valence-corrected chi connectivity index (χ4v) is 1.12. The van der Waals surface area contributed by atoms with Crippen molar-refractivity contribution in [3.8, 4) is 0 Å². The van der Waals surface area contributed by atoms with Gasteiger partial charge in [-0.25, -0.2) is 0 Å². The Morgan fingerprint density at radius 1 is 1.33 bits per heavy atom. The van der Waals surface area contributed by atoms with Crippen molar-refractivity contribution in [1.29, 1.82) is 0 Å². The van der Waals surface area contributed by atoms with Crippen molar-refractivity contribution in [3.05, 3.63) is 43.0 Å². The lowest BCUT2D eigenvalue weighted by molar-refractivity contribution is 0.102. The number of ketones is 1. The highest BCUT2D eigenvalue weighted by Crippen LogP contribution is 2.18. The summed E-state index contributed by atoms with van der Waals surface area (Å²) in [6.45, 7) is 3.27. The summed E-state index contributed by atoms with van der Waals surface area (Å²) in [6.07, 6.45) is 0. The Morgan fingerprint density at radius 3 is 2.75 bits per heavy atom. The first-order valence-corrected chi connectivity index (χ1v) is 3.62. The van der Waals surface area contributed by atoms with Gasteiger partial charge in [-0.1, -0.05) is 18.2 Å². The van der Waals surface area contributed by atoms with Crippen molar-refractivity contribution in [1.82, 2.24) is 0 Å². The van der Waals surface area contributed by atoms with E-state index in [-0.39, 0.29) is 5.78 Å². The molecule has 12 heavy (non-hydrogen) atoms. The number of hydrogen-bond acceptors (Lipinski definition) is 2. The molecule has 0 saturated heterocycles. The van der Waals surface area contributed by atoms with Gasteiger partial charge in [0.05, 0.1) is 0 Å². The Balaban J connectivity index is 2.70. The van der Waals surface area contributed by atoms with Crippen LogP contribution in [0.5, 0.6) is 0 Å². The molecule has 0 unspecified atom stereocenters. The first-order valence-electron chi connectivity index (χ1n) is 3.62. The van der Waals surface area contributed by atoms with Crippen LogP contribution < -0.4 is 0 Å². The fourth-order valence-electron chi connectivity index (χ4n) is 1.12. The number of furan rings is 1. The van der Waals surface area contributed by atoms with Crippen molar-refractivity contribution in [3.63, 3.8) is 0 Å². The van der Waals surface area contributed by atoms with Crippen molar-refractivity contribution >= 4 is 16.8 Å². The zero-order chi connectivity index (χ0) is 8.55. The van der Waals surface area contributed by atoms with Crippen molar-refractivity contribution in [2.24, 2.45) is 0 Å². The summed E-state index contributed by atoms with van der Waals surface area (Å²) in [5.74, 6) is 0.0300. The second kappa shape index (κ2) is 2.48. The standard InChI is InChI=1S/C10H7O2/c1-7(11)10-6-8-4-2-3-5-9(8)12-10/h2-6H,1H2. The van der Waals surface area contributed by atoms with E-state index in [1.165, 1.54) is 0 Å². The number of para-hydroxylation sites is 1. The molecule has 0 aliphatic carbocycles. The van der Waals surface area contributed by atoms with Crippen LogP contribution in [0, 0.1) is 6.92 Å². The topological polar surface area (TPSA) is 30.2 Å². The Hall–Kier alpha value is -1.57. The maximum atomic E-state index is 10.8. The molecule has 0 amide bonds. The van der Waals surface area contributed by atoms with Gasteiger partial charge in [0.2, 0.25) is 0 Å². The van der Waals surface area contributed by atoms with Gasteiger partial charge in [0.25, 0.3) is 0 Å². The van der Waals surface area contributed by atoms with Crippen LogP contribution in [-0.4, -0.2) is 5.78 Å². The summed E-state index contributed by atoms with van der Waals surface area (Å²) in [7, 11) is 0. The van der Waals surface area contributed by atoms with Crippen LogP contribution in [0.25, 0.3) is 11.0 Å². The zero-order valence-electron chi connectivity index (χ0n) is 6.41. The van der Waals surface area contributed by atoms with E-state index in [4.69, 9.17) is 4.42 Å². The van der Waals surface area contributed by atoms with Crippen LogP contribution >= 0.6 is 0 Å². The molecule has 1 heterocycles. The molecular formula is C10H7O2. The molecule has 2 rings (SSSR count). The quantitative estimate of drug-likeness (QED) is 0.598. The predicted octanol–water partition coefficient (Wildman–Crippen LogP) is 2.45. The zero-order valence-corrected chi connectivity index (χ0v) is 6.41. The second-order valence-corrected chi connectivity index (χ2v) is 2.57. The van der Waals surface area contributed by atoms with E-state index in [2.05, 4.69) is 6.92 Å². The van der Waals surface area contributed by atoms with Gasteiger partial charge in [0.1, 0.15) is 5.58 Å². The largest absolute Gasteiger partial charge is 0.453 e. The number of fused-ring (bicyclic) bond motifs is 1. The summed E-state index contributed by atoms with van der Waals surface area (Å²) in [5, 5.41) is 0.935. The molecule has 2 aromatic rings. The predicted molar refractivity (Wildman–Crippen MR) is 45.9 cm³/mol. The molecular weight excluding hydrogens is 152 g/mol. The van der Waals surface area contributed by atoms with Gasteiger partial charge in [0, 0.05) is 12.3 Å². The van der Waals surface area contributed by atoms with Crippen LogP contribution in [0.15, 0.2) is 34.7 Å². The summed E-state index contributed by atoms with van der Waals surface area (Å²) in [4.78, 5) is 10.8. The van der Waals surface area contributed by atoms with E-state index in [0.29, 0.717) is 5.76 Å². The first kappa shape index (κ1) is 7.10. The number of carbonyl (C=O) groups excluding carboxylic acids is 1. The van der Waals surface area contributed by atoms with Crippen LogP contribution in [0.3, 0.4) is 0 Å². The summed E-state index contributed by atoms with van der Waals surface area (Å²) < 4.78 is 5.22. The minimum atomic E-state index is -0.286. The molecule has 0 spiro atoms. The van der Waals surface area contributed by atoms with Crippen molar-refractivity contribution in [2.75, 3.05) is 0 Å². The molecule has 2 nitrogen and oxygen atoms in total. The van der Waals surface area contributed by atoms with E-state index in [1.807, 2.05) is 24.3 Å². The normalized spacial score (nSPS) is 10.4. The highest BCUT2D eigenvalue weighted by molar-refractivity contribution is 6.00. The average molecular weight is 159 g/mol. The SMILES string of the molecule is [CH2]C(=O)c1cc2ccccc2o1. The third-order valence-corrected chi connectivity index (χ3v) is 1.70. The van der Waals surface area contributed by atoms with Crippen LogP contribution in [0.1, 0.15) is 10.6 Å². The summed E-state index contributed by atoms with van der Waals surface area (Å²) >= 11 is 0. The van der Waals surface area contributed by atoms with Gasteiger partial charge in [-0.3, -0.25) is 4.79 Å². The third-order valence-electron chi connectivity index (χ3n) is 1.70. The number of Topliss-reactive ketones (excluding diaryl/α,β-unsaturated/α-hetero) is 1. The number of carbonyl (C=O) groups is 1. The van der Waals surface area contributed by atoms with E-state index in [1.54, 1.807) is 6.07 Å². The molecule has 0 aliphatic rings. The minimum Gasteiger partial charge on any atom is -0.453 e. The first-order chi connectivity index (χ1) is 5.77. The lowest BCUT2D eigenvalue weighted by Crippen LogP contribution is -1.86. The smallest absolute Gasteiger partial charge is 0.198 e. The monoisotopic (exact) mass is 159 g/mol. The van der Waals surface area contributed by atoms with Crippen LogP contribution in [0.4, 0.5) is 0 Å². The Labute approximate surface area is 69.8 Å². The maximum Gasteiger partial charge on any atom is 0.198 e. The molecule has 2 heteroatoms. The summed E-state index contributed by atoms with van der Waals surface area (Å²) in [6, 6.07) is 9.18. The Morgan fingerprint density at radius 2 is 2.08 bits per heavy atom. The molecule has 1 radical (unpaired) electrons. The van der Waals surface area contributed by atoms with Gasteiger partial charge in [0.15, 0.2) is 11.5 Å². The molecule has 59 valence electrons. The Bertz CT molecular complexity index is 393. The molecule has 1 aromatic carbocycles. The highest BCUT2D eigenvalue weighted by Gasteiger charge is 2.05. The average Bonchev–Trinajstić information content (AvgIpc) is 2.46. The van der Waals surface area contributed by atoms with E-state index in [0.717, 1.165) is 11.0 Å². The van der Waals surface area contributed by atoms with Gasteiger partial charge >= 0.3 is 0 Å². The number of hydrogen-bond donors (Lipinski definition) is 0. The van der Waals surface area contributed by atoms with E-state index in [9.17, 15) is 4.79 Å². The van der Waals surface area contributed by atoms with Gasteiger partial charge in [-0.15, -0.1) is 0 Å². The summed E-state index contributed by atoms with van der Waals surface area (Å²) in [5.41, 5.74) is 0.726. The van der Waals surface area contributed by atoms with Gasteiger partial charge < -0.3 is 4.42 Å². The molecule has 0 fully saturated rings. The van der Waals surface area contributed by atoms with Crippen molar-refractivity contribution in [2.45, 2.75) is 0 Å². The maximum absolute atomic E-state index is 10.8. The molecule has 0 aliphatic heterocycles. The second-order valence-electron chi connectivity index (χ2n) is 2.57. The molecule has 1 aromatic heterocycles. The third kappa shape index (κ3) is 1.01. The van der Waals surface area contributed by atoms with Gasteiger partial charge in [-0.2, -0.15) is 0 Å². The number of benzene rings is 1.